The van der Waals surface area contributed by atoms with Gasteiger partial charge < -0.3 is 14.4 Å². The van der Waals surface area contributed by atoms with E-state index in [1.54, 1.807) is 6.92 Å². The summed E-state index contributed by atoms with van der Waals surface area (Å²) in [5.41, 5.74) is 0.241. The van der Waals surface area contributed by atoms with E-state index in [0.717, 1.165) is 0 Å². The van der Waals surface area contributed by atoms with Gasteiger partial charge in [0.25, 0.3) is 5.91 Å². The molecule has 1 aromatic rings. The van der Waals surface area contributed by atoms with Crippen molar-refractivity contribution in [1.29, 1.82) is 0 Å². The highest BCUT2D eigenvalue weighted by Gasteiger charge is 2.20. The lowest BCUT2D eigenvalue weighted by Crippen LogP contribution is -2.38. The molecule has 0 aromatic carbocycles. The zero-order chi connectivity index (χ0) is 15.8. The lowest BCUT2D eigenvalue weighted by atomic mass is 10.2. The van der Waals surface area contributed by atoms with Gasteiger partial charge in [-0.3, -0.25) is 9.59 Å². The molecule has 0 saturated carbocycles. The minimum absolute atomic E-state index is 0.113. The molecule has 116 valence electrons. The van der Waals surface area contributed by atoms with Crippen molar-refractivity contribution < 1.29 is 19.1 Å². The van der Waals surface area contributed by atoms with Gasteiger partial charge in [0.05, 0.1) is 23.8 Å². The number of pyridine rings is 1. The summed E-state index contributed by atoms with van der Waals surface area (Å²) >= 11 is 11.6. The molecular weight excluding hydrogens is 319 g/mol. The van der Waals surface area contributed by atoms with Crippen LogP contribution in [0.15, 0.2) is 12.3 Å². The average Bonchev–Trinajstić information content (AvgIpc) is 2.46. The molecule has 6 nitrogen and oxygen atoms in total. The van der Waals surface area contributed by atoms with Crippen molar-refractivity contribution in [3.8, 4) is 0 Å². The molecule has 1 amide bonds. The van der Waals surface area contributed by atoms with Crippen molar-refractivity contribution in [1.82, 2.24) is 9.88 Å². The topological polar surface area (TPSA) is 68.7 Å². The second-order valence-electron chi connectivity index (χ2n) is 4.02. The first-order valence-corrected chi connectivity index (χ1v) is 7.00. The molecule has 0 fully saturated rings. The maximum absolute atomic E-state index is 12.4. The minimum Gasteiger partial charge on any atom is -0.465 e. The maximum Gasteiger partial charge on any atom is 0.325 e. The van der Waals surface area contributed by atoms with E-state index in [2.05, 4.69) is 4.98 Å². The largest absolute Gasteiger partial charge is 0.465 e. The summed E-state index contributed by atoms with van der Waals surface area (Å²) in [6.07, 6.45) is 1.31. The van der Waals surface area contributed by atoms with Crippen molar-refractivity contribution in [3.05, 3.63) is 28.0 Å². The first-order valence-electron chi connectivity index (χ1n) is 6.24. The second kappa shape index (κ2) is 8.81. The smallest absolute Gasteiger partial charge is 0.325 e. The summed E-state index contributed by atoms with van der Waals surface area (Å²) in [5.74, 6) is -0.888. The lowest BCUT2D eigenvalue weighted by molar-refractivity contribution is -0.143. The monoisotopic (exact) mass is 334 g/mol. The SMILES string of the molecule is CCOC(=O)CN(CCOC)C(=O)c1cnc(Cl)c(Cl)c1. The van der Waals surface area contributed by atoms with E-state index in [1.807, 2.05) is 0 Å². The van der Waals surface area contributed by atoms with E-state index in [4.69, 9.17) is 32.7 Å². The quantitative estimate of drug-likeness (QED) is 0.563. The number of methoxy groups -OCH3 is 1. The van der Waals surface area contributed by atoms with Gasteiger partial charge in [-0.05, 0) is 13.0 Å². The van der Waals surface area contributed by atoms with Crippen LogP contribution < -0.4 is 0 Å². The Hall–Kier alpha value is -1.37. The van der Waals surface area contributed by atoms with Gasteiger partial charge in [-0.1, -0.05) is 23.2 Å². The fourth-order valence-electron chi connectivity index (χ4n) is 1.54. The number of hydrogen-bond acceptors (Lipinski definition) is 5. The van der Waals surface area contributed by atoms with Gasteiger partial charge in [-0.2, -0.15) is 0 Å². The minimum atomic E-state index is -0.491. The Morgan fingerprint density at radius 1 is 1.38 bits per heavy atom. The molecule has 1 heterocycles. The van der Waals surface area contributed by atoms with Crippen LogP contribution in [0.3, 0.4) is 0 Å². The fraction of sp³-hybridized carbons (Fsp3) is 0.462. The molecule has 0 unspecified atom stereocenters. The molecule has 0 radical (unpaired) electrons. The summed E-state index contributed by atoms with van der Waals surface area (Å²) in [6.45, 7) is 2.31. The Labute approximate surface area is 132 Å². The average molecular weight is 335 g/mol. The molecule has 1 aromatic heterocycles. The summed E-state index contributed by atoms with van der Waals surface area (Å²) < 4.78 is 9.78. The molecule has 0 aliphatic carbocycles. The number of nitrogens with zero attached hydrogens (tertiary/aromatic N) is 2. The van der Waals surface area contributed by atoms with Gasteiger partial charge >= 0.3 is 5.97 Å². The third kappa shape index (κ3) is 5.49. The molecular formula is C13H16Cl2N2O4. The molecule has 0 bridgehead atoms. The molecule has 0 saturated heterocycles. The number of rotatable bonds is 7. The van der Waals surface area contributed by atoms with Crippen LogP contribution in [0.25, 0.3) is 0 Å². The summed E-state index contributed by atoms with van der Waals surface area (Å²) in [6, 6.07) is 1.41. The van der Waals surface area contributed by atoms with E-state index < -0.39 is 11.9 Å². The number of esters is 1. The zero-order valence-electron chi connectivity index (χ0n) is 11.8. The van der Waals surface area contributed by atoms with Gasteiger partial charge in [0.1, 0.15) is 11.7 Å². The predicted octanol–water partition coefficient (Wildman–Crippen LogP) is 2.04. The molecule has 0 aliphatic heterocycles. The van der Waals surface area contributed by atoms with E-state index in [-0.39, 0.29) is 35.4 Å². The second-order valence-corrected chi connectivity index (χ2v) is 4.79. The Morgan fingerprint density at radius 3 is 2.67 bits per heavy atom. The first kappa shape index (κ1) is 17.7. The summed E-state index contributed by atoms with van der Waals surface area (Å²) in [4.78, 5) is 29.1. The Kier molecular flexibility index (Phi) is 7.42. The van der Waals surface area contributed by atoms with Crippen molar-refractivity contribution in [2.24, 2.45) is 0 Å². The number of carbonyl (C=O) groups is 2. The van der Waals surface area contributed by atoms with Crippen LogP contribution in [0.2, 0.25) is 10.2 Å². The Bertz CT molecular complexity index is 511. The van der Waals surface area contributed by atoms with Crippen LogP contribution in [0, 0.1) is 0 Å². The number of halogens is 2. The van der Waals surface area contributed by atoms with E-state index in [9.17, 15) is 9.59 Å². The van der Waals surface area contributed by atoms with E-state index in [1.165, 1.54) is 24.3 Å². The standard InChI is InChI=1S/C13H16Cl2N2O4/c1-3-21-11(18)8-17(4-5-20-2)13(19)9-6-10(14)12(15)16-7-9/h6-7H,3-5,8H2,1-2H3. The van der Waals surface area contributed by atoms with Crippen LogP contribution in [0.4, 0.5) is 0 Å². The molecule has 0 atom stereocenters. The van der Waals surface area contributed by atoms with Gasteiger partial charge in [-0.15, -0.1) is 0 Å². The van der Waals surface area contributed by atoms with Crippen LogP contribution in [-0.4, -0.2) is 55.2 Å². The van der Waals surface area contributed by atoms with Crippen molar-refractivity contribution in [2.75, 3.05) is 33.4 Å². The fourth-order valence-corrected chi connectivity index (χ4v) is 1.81. The Morgan fingerprint density at radius 2 is 2.10 bits per heavy atom. The third-order valence-corrected chi connectivity index (χ3v) is 3.21. The van der Waals surface area contributed by atoms with Crippen LogP contribution >= 0.6 is 23.2 Å². The highest BCUT2D eigenvalue weighted by Crippen LogP contribution is 2.20. The predicted molar refractivity (Wildman–Crippen MR) is 78.7 cm³/mol. The van der Waals surface area contributed by atoms with Gasteiger partial charge in [0.15, 0.2) is 0 Å². The number of amides is 1. The van der Waals surface area contributed by atoms with Crippen molar-refractivity contribution >= 4 is 35.1 Å². The maximum atomic E-state index is 12.4. The van der Waals surface area contributed by atoms with Crippen LogP contribution in [0.1, 0.15) is 17.3 Å². The molecule has 1 rings (SSSR count). The molecule has 0 aliphatic rings. The zero-order valence-corrected chi connectivity index (χ0v) is 13.3. The van der Waals surface area contributed by atoms with E-state index >= 15 is 0 Å². The summed E-state index contributed by atoms with van der Waals surface area (Å²) in [5, 5.41) is 0.285. The normalized spacial score (nSPS) is 10.3. The first-order chi connectivity index (χ1) is 9.99. The third-order valence-electron chi connectivity index (χ3n) is 2.52. The highest BCUT2D eigenvalue weighted by atomic mass is 35.5. The van der Waals surface area contributed by atoms with Crippen molar-refractivity contribution in [2.45, 2.75) is 6.92 Å². The van der Waals surface area contributed by atoms with Gasteiger partial charge in [-0.25, -0.2) is 4.98 Å². The number of hydrogen-bond donors (Lipinski definition) is 0. The molecule has 0 N–H and O–H groups in total. The summed E-state index contributed by atoms with van der Waals surface area (Å²) in [7, 11) is 1.51. The molecule has 21 heavy (non-hydrogen) atoms. The molecule has 8 heteroatoms. The van der Waals surface area contributed by atoms with Gasteiger partial charge in [0.2, 0.25) is 0 Å². The van der Waals surface area contributed by atoms with Crippen LogP contribution in [0.5, 0.6) is 0 Å². The van der Waals surface area contributed by atoms with E-state index in [0.29, 0.717) is 6.61 Å². The molecule has 0 spiro atoms. The lowest BCUT2D eigenvalue weighted by Gasteiger charge is -2.21. The number of carbonyl (C=O) groups excluding carboxylic acids is 2. The highest BCUT2D eigenvalue weighted by molar-refractivity contribution is 6.41. The number of ether oxygens (including phenoxy) is 2. The van der Waals surface area contributed by atoms with Crippen LogP contribution in [-0.2, 0) is 14.3 Å². The van der Waals surface area contributed by atoms with Gasteiger partial charge in [0, 0.05) is 19.9 Å². The Balaban J connectivity index is 2.87. The van der Waals surface area contributed by atoms with Crippen molar-refractivity contribution in [3.63, 3.8) is 0 Å². The number of aromatic nitrogens is 1.